The van der Waals surface area contributed by atoms with Crippen LogP contribution in [0.4, 0.5) is 0 Å². The van der Waals surface area contributed by atoms with Crippen LogP contribution < -0.4 is 10.6 Å². The van der Waals surface area contributed by atoms with E-state index in [1.54, 1.807) is 33.2 Å². The van der Waals surface area contributed by atoms with Gasteiger partial charge in [-0.05, 0) is 43.0 Å². The number of hydrogen-bond acceptors (Lipinski definition) is 5. The lowest BCUT2D eigenvalue weighted by atomic mass is 9.86. The first-order valence-electron chi connectivity index (χ1n) is 11.7. The fourth-order valence-electron chi connectivity index (χ4n) is 3.60. The second kappa shape index (κ2) is 10.6. The van der Waals surface area contributed by atoms with E-state index in [9.17, 15) is 14.7 Å². The molecule has 186 valence electrons. The lowest BCUT2D eigenvalue weighted by Crippen LogP contribution is -2.43. The van der Waals surface area contributed by atoms with E-state index < -0.39 is 11.5 Å². The Morgan fingerprint density at radius 3 is 1.78 bits per heavy atom. The van der Waals surface area contributed by atoms with Crippen molar-refractivity contribution in [1.82, 2.24) is 30.6 Å². The van der Waals surface area contributed by atoms with Gasteiger partial charge in [-0.25, -0.2) is 9.97 Å². The molecule has 0 bridgehead atoms. The van der Waals surface area contributed by atoms with Crippen molar-refractivity contribution in [1.29, 1.82) is 0 Å². The molecule has 0 aliphatic carbocycles. The number of hydrogen-bond donors (Lipinski definition) is 5. The molecule has 0 saturated carbocycles. The van der Waals surface area contributed by atoms with E-state index in [1.165, 1.54) is 0 Å². The molecule has 4 rings (SSSR count). The number of aromatic nitrogens is 4. The van der Waals surface area contributed by atoms with Gasteiger partial charge in [0, 0.05) is 0 Å². The number of benzene rings is 2. The minimum Gasteiger partial charge on any atom is -0.392 e. The van der Waals surface area contributed by atoms with Gasteiger partial charge >= 0.3 is 0 Å². The number of H-pyrrole nitrogens is 2. The Hall–Kier alpha value is -4.24. The van der Waals surface area contributed by atoms with E-state index in [1.807, 2.05) is 24.3 Å². The van der Waals surface area contributed by atoms with E-state index in [4.69, 9.17) is 0 Å². The van der Waals surface area contributed by atoms with E-state index in [-0.39, 0.29) is 12.5 Å². The van der Waals surface area contributed by atoms with Gasteiger partial charge in [-0.2, -0.15) is 0 Å². The molecule has 36 heavy (non-hydrogen) atoms. The van der Waals surface area contributed by atoms with Gasteiger partial charge in [0.25, 0.3) is 0 Å². The highest BCUT2D eigenvalue weighted by Gasteiger charge is 2.32. The largest absolute Gasteiger partial charge is 0.392 e. The van der Waals surface area contributed by atoms with E-state index in [0.717, 1.165) is 33.6 Å². The summed E-state index contributed by atoms with van der Waals surface area (Å²) in [6.45, 7) is 5.64. The zero-order valence-electron chi connectivity index (χ0n) is 20.5. The number of aliphatic hydroxyl groups excluding tert-OH is 1. The third-order valence-electron chi connectivity index (χ3n) is 6.38. The first-order valence-corrected chi connectivity index (χ1v) is 11.7. The summed E-state index contributed by atoms with van der Waals surface area (Å²) in [7, 11) is 0. The normalized spacial score (nSPS) is 12.2. The average molecular weight is 487 g/mol. The van der Waals surface area contributed by atoms with Crippen molar-refractivity contribution in [3.63, 3.8) is 0 Å². The van der Waals surface area contributed by atoms with Crippen LogP contribution in [0.3, 0.4) is 0 Å². The maximum atomic E-state index is 12.3. The van der Waals surface area contributed by atoms with E-state index >= 15 is 0 Å². The predicted molar refractivity (Wildman–Crippen MR) is 137 cm³/mol. The Labute approximate surface area is 209 Å². The number of aliphatic hydroxyl groups is 1. The van der Waals surface area contributed by atoms with Gasteiger partial charge in [0.15, 0.2) is 0 Å². The monoisotopic (exact) mass is 486 g/mol. The van der Waals surface area contributed by atoms with Gasteiger partial charge in [0.1, 0.15) is 11.6 Å². The van der Waals surface area contributed by atoms with Crippen LogP contribution >= 0.6 is 0 Å². The maximum absolute atomic E-state index is 12.3. The van der Waals surface area contributed by atoms with Gasteiger partial charge in [-0.3, -0.25) is 9.59 Å². The molecule has 1 unspecified atom stereocenters. The summed E-state index contributed by atoms with van der Waals surface area (Å²) in [5, 5.41) is 15.2. The molecule has 0 spiro atoms. The van der Waals surface area contributed by atoms with Crippen molar-refractivity contribution < 1.29 is 14.7 Å². The second-order valence-electron chi connectivity index (χ2n) is 9.22. The number of nitrogens with one attached hydrogen (secondary N) is 4. The minimum atomic E-state index is -0.876. The zero-order chi connectivity index (χ0) is 25.7. The highest BCUT2D eigenvalue weighted by Crippen LogP contribution is 2.27. The Balaban J connectivity index is 1.39. The quantitative estimate of drug-likeness (QED) is 0.219. The zero-order valence-corrected chi connectivity index (χ0v) is 20.5. The molecule has 9 heteroatoms. The molecule has 0 fully saturated rings. The molecule has 4 aromatic rings. The number of imidazole rings is 2. The molecule has 0 radical (unpaired) electrons. The Bertz CT molecular complexity index is 1320. The van der Waals surface area contributed by atoms with Crippen LogP contribution in [0.15, 0.2) is 60.9 Å². The lowest BCUT2D eigenvalue weighted by Gasteiger charge is -2.26. The molecule has 2 amide bonds. The van der Waals surface area contributed by atoms with E-state index in [2.05, 4.69) is 54.8 Å². The summed E-state index contributed by atoms with van der Waals surface area (Å²) in [5.41, 5.74) is 5.03. The topological polar surface area (TPSA) is 136 Å². The van der Waals surface area contributed by atoms with Crippen LogP contribution in [0.1, 0.15) is 32.4 Å². The Morgan fingerprint density at radius 2 is 1.33 bits per heavy atom. The molecule has 1 atom stereocenters. The third-order valence-corrected chi connectivity index (χ3v) is 6.38. The minimum absolute atomic E-state index is 0.228. The highest BCUT2D eigenvalue weighted by atomic mass is 16.3. The number of aromatic amines is 2. The van der Waals surface area contributed by atoms with Crippen LogP contribution in [0.25, 0.3) is 33.6 Å². The number of carbonyl (C=O) groups excluding carboxylic acids is 2. The van der Waals surface area contributed by atoms with Gasteiger partial charge in [-0.1, -0.05) is 48.5 Å². The third kappa shape index (κ3) is 5.52. The van der Waals surface area contributed by atoms with Crippen molar-refractivity contribution in [3.8, 4) is 33.6 Å². The van der Waals surface area contributed by atoms with Crippen LogP contribution in [0, 0.1) is 5.41 Å². The molecular weight excluding hydrogens is 456 g/mol. The molecular formula is C27H30N6O3. The van der Waals surface area contributed by atoms with Crippen LogP contribution in [0.2, 0.25) is 0 Å². The van der Waals surface area contributed by atoms with Crippen LogP contribution in [-0.4, -0.2) is 43.5 Å². The SMILES string of the molecule is CC(O)C(C)(C)C(=O)NCc1ncc(-c2ccc(-c3ccc(-c4cnc(CNC=O)[nH]4)cc3)cc2)[nH]1. The summed E-state index contributed by atoms with van der Waals surface area (Å²) in [5.74, 6) is 1.11. The smallest absolute Gasteiger partial charge is 0.228 e. The number of nitrogens with zero attached hydrogens (tertiary/aromatic N) is 2. The molecule has 2 aromatic carbocycles. The van der Waals surface area contributed by atoms with E-state index in [0.29, 0.717) is 24.6 Å². The van der Waals surface area contributed by atoms with Crippen molar-refractivity contribution in [2.75, 3.05) is 0 Å². The highest BCUT2D eigenvalue weighted by molar-refractivity contribution is 5.82. The summed E-state index contributed by atoms with van der Waals surface area (Å²) < 4.78 is 0. The molecule has 0 aliphatic rings. The molecule has 0 saturated heterocycles. The Kier molecular flexibility index (Phi) is 7.30. The van der Waals surface area contributed by atoms with Crippen molar-refractivity contribution in [3.05, 3.63) is 72.6 Å². The molecule has 9 nitrogen and oxygen atoms in total. The molecule has 2 aromatic heterocycles. The van der Waals surface area contributed by atoms with Crippen molar-refractivity contribution in [2.24, 2.45) is 5.41 Å². The fraction of sp³-hybridized carbons (Fsp3) is 0.259. The molecule has 5 N–H and O–H groups in total. The summed E-state index contributed by atoms with van der Waals surface area (Å²) in [6.07, 6.45) is 3.39. The van der Waals surface area contributed by atoms with Gasteiger partial charge in [-0.15, -0.1) is 0 Å². The lowest BCUT2D eigenvalue weighted by molar-refractivity contribution is -0.134. The van der Waals surface area contributed by atoms with Gasteiger partial charge in [0.2, 0.25) is 12.3 Å². The van der Waals surface area contributed by atoms with Crippen molar-refractivity contribution >= 4 is 12.3 Å². The standard InChI is InChI=1S/C27H30N6O3/c1-17(35)27(2,3)26(36)31-15-25-30-13-23(33-25)21-10-6-19(7-11-21)18-4-8-20(9-5-18)22-12-29-24(32-22)14-28-16-34/h4-13,16-17,35H,14-15H2,1-3H3,(H,28,34)(H,29,32)(H,30,33)(H,31,36). The van der Waals surface area contributed by atoms with Crippen molar-refractivity contribution in [2.45, 2.75) is 40.0 Å². The molecule has 2 heterocycles. The summed E-state index contributed by atoms with van der Waals surface area (Å²) >= 11 is 0. The number of amides is 2. The number of rotatable bonds is 10. The summed E-state index contributed by atoms with van der Waals surface area (Å²) in [6, 6.07) is 16.3. The van der Waals surface area contributed by atoms with Gasteiger partial charge in [0.05, 0.1) is 48.4 Å². The molecule has 0 aliphatic heterocycles. The fourth-order valence-corrected chi connectivity index (χ4v) is 3.60. The second-order valence-corrected chi connectivity index (χ2v) is 9.22. The van der Waals surface area contributed by atoms with Crippen LogP contribution in [0.5, 0.6) is 0 Å². The van der Waals surface area contributed by atoms with Gasteiger partial charge < -0.3 is 25.7 Å². The van der Waals surface area contributed by atoms with Crippen LogP contribution in [-0.2, 0) is 22.7 Å². The first kappa shape index (κ1) is 24.9. The first-order chi connectivity index (χ1) is 17.3. The maximum Gasteiger partial charge on any atom is 0.228 e. The predicted octanol–water partition coefficient (Wildman–Crippen LogP) is 3.40. The Morgan fingerprint density at radius 1 is 0.889 bits per heavy atom. The summed E-state index contributed by atoms with van der Waals surface area (Å²) in [4.78, 5) is 37.9. The number of carbonyl (C=O) groups is 2. The average Bonchev–Trinajstić information content (AvgIpc) is 3.56.